The van der Waals surface area contributed by atoms with Crippen molar-refractivity contribution in [3.8, 4) is 0 Å². The Morgan fingerprint density at radius 1 is 1.04 bits per heavy atom. The van der Waals surface area contributed by atoms with Gasteiger partial charge in [0.25, 0.3) is 5.91 Å². The number of morpholine rings is 1. The first-order valence-corrected chi connectivity index (χ1v) is 11.1. The van der Waals surface area contributed by atoms with E-state index in [1.807, 2.05) is 4.90 Å². The molecular formula is C19H27N3O4S. The number of amides is 1. The smallest absolute Gasteiger partial charge is 0.253 e. The van der Waals surface area contributed by atoms with Crippen LogP contribution >= 0.6 is 0 Å². The van der Waals surface area contributed by atoms with E-state index in [4.69, 9.17) is 4.74 Å². The Kier molecular flexibility index (Phi) is 5.24. The summed E-state index contributed by atoms with van der Waals surface area (Å²) < 4.78 is 32.8. The zero-order chi connectivity index (χ0) is 19.0. The standard InChI is InChI=1S/C19H27N3O4S/c1-15-2-3-16(14-18(15)27(24,25)22-10-12-26-13-11-22)19(23)21-8-6-20(7-9-21)17-4-5-17/h2-3,14,17H,4-13H2,1H3. The van der Waals surface area contributed by atoms with Gasteiger partial charge in [-0.1, -0.05) is 6.07 Å². The highest BCUT2D eigenvalue weighted by Gasteiger charge is 2.33. The quantitative estimate of drug-likeness (QED) is 0.761. The molecule has 4 rings (SSSR count). The zero-order valence-corrected chi connectivity index (χ0v) is 16.6. The van der Waals surface area contributed by atoms with Crippen LogP contribution in [-0.4, -0.2) is 87.0 Å². The molecule has 0 radical (unpaired) electrons. The molecule has 1 aliphatic carbocycles. The lowest BCUT2D eigenvalue weighted by atomic mass is 10.1. The Morgan fingerprint density at radius 2 is 1.70 bits per heavy atom. The van der Waals surface area contributed by atoms with Gasteiger partial charge >= 0.3 is 0 Å². The summed E-state index contributed by atoms with van der Waals surface area (Å²) >= 11 is 0. The van der Waals surface area contributed by atoms with E-state index in [-0.39, 0.29) is 10.8 Å². The van der Waals surface area contributed by atoms with Crippen LogP contribution in [0.4, 0.5) is 0 Å². The third-order valence-corrected chi connectivity index (χ3v) is 7.73. The summed E-state index contributed by atoms with van der Waals surface area (Å²) in [5, 5.41) is 0. The van der Waals surface area contributed by atoms with E-state index in [9.17, 15) is 13.2 Å². The number of benzene rings is 1. The first-order valence-electron chi connectivity index (χ1n) is 9.69. The summed E-state index contributed by atoms with van der Waals surface area (Å²) in [5.74, 6) is -0.0797. The van der Waals surface area contributed by atoms with Crippen molar-refractivity contribution in [2.45, 2.75) is 30.7 Å². The molecule has 0 spiro atoms. The monoisotopic (exact) mass is 393 g/mol. The molecule has 1 amide bonds. The van der Waals surface area contributed by atoms with Gasteiger partial charge in [0.2, 0.25) is 10.0 Å². The van der Waals surface area contributed by atoms with Crippen LogP contribution in [0.5, 0.6) is 0 Å². The molecule has 0 unspecified atom stereocenters. The molecule has 2 saturated heterocycles. The number of nitrogens with zero attached hydrogens (tertiary/aromatic N) is 3. The molecule has 27 heavy (non-hydrogen) atoms. The summed E-state index contributed by atoms with van der Waals surface area (Å²) in [7, 11) is -3.62. The second-order valence-electron chi connectivity index (χ2n) is 7.56. The van der Waals surface area contributed by atoms with Gasteiger partial charge in [0.15, 0.2) is 0 Å². The van der Waals surface area contributed by atoms with Gasteiger partial charge in [-0.15, -0.1) is 0 Å². The molecular weight excluding hydrogens is 366 g/mol. The summed E-state index contributed by atoms with van der Waals surface area (Å²) in [5.41, 5.74) is 1.11. The van der Waals surface area contributed by atoms with Crippen LogP contribution in [0.1, 0.15) is 28.8 Å². The highest BCUT2D eigenvalue weighted by molar-refractivity contribution is 7.89. The maximum atomic E-state index is 13.0. The molecule has 3 fully saturated rings. The lowest BCUT2D eigenvalue weighted by Crippen LogP contribution is -2.49. The number of hydrogen-bond acceptors (Lipinski definition) is 5. The minimum Gasteiger partial charge on any atom is -0.379 e. The van der Waals surface area contributed by atoms with Gasteiger partial charge in [-0.2, -0.15) is 4.31 Å². The summed E-state index contributed by atoms with van der Waals surface area (Å²) in [6.45, 7) is 6.50. The van der Waals surface area contributed by atoms with Crippen molar-refractivity contribution in [3.05, 3.63) is 29.3 Å². The molecule has 1 aromatic carbocycles. The van der Waals surface area contributed by atoms with E-state index in [0.717, 1.165) is 13.1 Å². The van der Waals surface area contributed by atoms with Gasteiger partial charge < -0.3 is 9.64 Å². The van der Waals surface area contributed by atoms with Crippen molar-refractivity contribution in [2.24, 2.45) is 0 Å². The maximum Gasteiger partial charge on any atom is 0.253 e. The molecule has 0 bridgehead atoms. The van der Waals surface area contributed by atoms with Crippen molar-refractivity contribution in [1.82, 2.24) is 14.1 Å². The number of carbonyl (C=O) groups is 1. The van der Waals surface area contributed by atoms with Crippen LogP contribution in [0.15, 0.2) is 23.1 Å². The fourth-order valence-electron chi connectivity index (χ4n) is 3.85. The topological polar surface area (TPSA) is 70.2 Å². The largest absolute Gasteiger partial charge is 0.379 e. The Hall–Kier alpha value is -1.48. The van der Waals surface area contributed by atoms with Crippen LogP contribution in [-0.2, 0) is 14.8 Å². The number of carbonyl (C=O) groups excluding carboxylic acids is 1. The maximum absolute atomic E-state index is 13.0. The van der Waals surface area contributed by atoms with Crippen molar-refractivity contribution < 1.29 is 17.9 Å². The van der Waals surface area contributed by atoms with Crippen LogP contribution in [0.2, 0.25) is 0 Å². The number of piperazine rings is 1. The van der Waals surface area contributed by atoms with Crippen molar-refractivity contribution in [2.75, 3.05) is 52.5 Å². The molecule has 0 aromatic heterocycles. The molecule has 8 heteroatoms. The third-order valence-electron chi connectivity index (χ3n) is 5.69. The molecule has 148 valence electrons. The van der Waals surface area contributed by atoms with Gasteiger partial charge in [0, 0.05) is 50.9 Å². The van der Waals surface area contributed by atoms with E-state index < -0.39 is 10.0 Å². The van der Waals surface area contributed by atoms with Gasteiger partial charge in [-0.3, -0.25) is 9.69 Å². The Morgan fingerprint density at radius 3 is 2.33 bits per heavy atom. The fraction of sp³-hybridized carbons (Fsp3) is 0.632. The van der Waals surface area contributed by atoms with Gasteiger partial charge in [-0.05, 0) is 37.5 Å². The Bertz CT molecular complexity index is 808. The van der Waals surface area contributed by atoms with Crippen molar-refractivity contribution in [3.63, 3.8) is 0 Å². The van der Waals surface area contributed by atoms with Gasteiger partial charge in [0.1, 0.15) is 0 Å². The minimum atomic E-state index is -3.62. The van der Waals surface area contributed by atoms with E-state index in [1.54, 1.807) is 25.1 Å². The summed E-state index contributed by atoms with van der Waals surface area (Å²) in [4.78, 5) is 17.5. The molecule has 1 saturated carbocycles. The molecule has 0 N–H and O–H groups in total. The van der Waals surface area contributed by atoms with Crippen LogP contribution in [0.25, 0.3) is 0 Å². The number of ether oxygens (including phenoxy) is 1. The highest BCUT2D eigenvalue weighted by atomic mass is 32.2. The molecule has 0 atom stereocenters. The average molecular weight is 394 g/mol. The van der Waals surface area contributed by atoms with Crippen molar-refractivity contribution in [1.29, 1.82) is 0 Å². The van der Waals surface area contributed by atoms with E-state index >= 15 is 0 Å². The first-order chi connectivity index (χ1) is 13.0. The first kappa shape index (κ1) is 18.9. The lowest BCUT2D eigenvalue weighted by Gasteiger charge is -2.35. The number of rotatable bonds is 4. The van der Waals surface area contributed by atoms with Crippen molar-refractivity contribution >= 4 is 15.9 Å². The molecule has 1 aromatic rings. The average Bonchev–Trinajstić information content (AvgIpc) is 3.54. The zero-order valence-electron chi connectivity index (χ0n) is 15.8. The molecule has 2 aliphatic heterocycles. The Labute approximate surface area is 160 Å². The molecule has 7 nitrogen and oxygen atoms in total. The Balaban J connectivity index is 1.52. The van der Waals surface area contributed by atoms with E-state index in [1.165, 1.54) is 17.1 Å². The normalized spacial score (nSPS) is 22.8. The van der Waals surface area contributed by atoms with Crippen LogP contribution in [0, 0.1) is 6.92 Å². The second kappa shape index (κ2) is 7.50. The van der Waals surface area contributed by atoms with Crippen LogP contribution in [0.3, 0.4) is 0 Å². The van der Waals surface area contributed by atoms with E-state index in [2.05, 4.69) is 4.90 Å². The number of hydrogen-bond donors (Lipinski definition) is 0. The highest BCUT2D eigenvalue weighted by Crippen LogP contribution is 2.28. The second-order valence-corrected chi connectivity index (χ2v) is 9.46. The molecule has 2 heterocycles. The number of sulfonamides is 1. The predicted octanol–water partition coefficient (Wildman–Crippen LogP) is 0.936. The molecule has 3 aliphatic rings. The van der Waals surface area contributed by atoms with Gasteiger partial charge in [-0.25, -0.2) is 8.42 Å². The number of aryl methyl sites for hydroxylation is 1. The van der Waals surface area contributed by atoms with Gasteiger partial charge in [0.05, 0.1) is 18.1 Å². The van der Waals surface area contributed by atoms with E-state index in [0.29, 0.717) is 56.6 Å². The predicted molar refractivity (Wildman–Crippen MR) is 101 cm³/mol. The fourth-order valence-corrected chi connectivity index (χ4v) is 5.51. The minimum absolute atomic E-state index is 0.0797. The third kappa shape index (κ3) is 3.89. The lowest BCUT2D eigenvalue weighted by molar-refractivity contribution is 0.0627. The van der Waals surface area contributed by atoms with Crippen LogP contribution < -0.4 is 0 Å². The summed E-state index contributed by atoms with van der Waals surface area (Å²) in [6.07, 6.45) is 2.54. The SMILES string of the molecule is Cc1ccc(C(=O)N2CCN(C3CC3)CC2)cc1S(=O)(=O)N1CCOCC1. The summed E-state index contributed by atoms with van der Waals surface area (Å²) in [6, 6.07) is 5.74.